The van der Waals surface area contributed by atoms with Gasteiger partial charge in [-0.05, 0) is 94.1 Å². The molecule has 4 rings (SSSR count). The Hall–Kier alpha value is -0.740. The fraction of sp³-hybridized carbons (Fsp3) is 0.619. The van der Waals surface area contributed by atoms with Crippen LogP contribution in [0.1, 0.15) is 56.4 Å². The first-order valence-electron chi connectivity index (χ1n) is 9.73. The summed E-state index contributed by atoms with van der Waals surface area (Å²) in [4.78, 5) is 2.68. The van der Waals surface area contributed by atoms with Crippen molar-refractivity contribution in [1.82, 2.24) is 4.90 Å². The van der Waals surface area contributed by atoms with Gasteiger partial charge in [0.25, 0.3) is 0 Å². The zero-order chi connectivity index (χ0) is 16.4. The summed E-state index contributed by atoms with van der Waals surface area (Å²) >= 11 is 0. The molecule has 2 heterocycles. The number of fused-ring (bicyclic) bond motifs is 1. The number of hydrogen-bond acceptors (Lipinski definition) is 3. The van der Waals surface area contributed by atoms with Crippen LogP contribution in [0, 0.1) is 5.92 Å². The molecule has 0 unspecified atom stereocenters. The second-order valence-electron chi connectivity index (χ2n) is 7.87. The maximum Gasteiger partial charge on any atom is 0.134 e. The highest BCUT2D eigenvalue weighted by Crippen LogP contribution is 2.34. The number of nitrogens with two attached hydrogens (primary N) is 1. The summed E-state index contributed by atoms with van der Waals surface area (Å²) in [5, 5.41) is 1.31. The van der Waals surface area contributed by atoms with Gasteiger partial charge in [-0.2, -0.15) is 0 Å². The maximum atomic E-state index is 6.02. The Labute approximate surface area is 169 Å². The first-order chi connectivity index (χ1) is 11.8. The third kappa shape index (κ3) is 4.95. The number of hydrogen-bond donors (Lipinski definition) is 1. The van der Waals surface area contributed by atoms with E-state index in [2.05, 4.69) is 29.2 Å². The van der Waals surface area contributed by atoms with E-state index in [1.165, 1.54) is 75.5 Å². The predicted molar refractivity (Wildman–Crippen MR) is 114 cm³/mol. The van der Waals surface area contributed by atoms with Crippen molar-refractivity contribution < 1.29 is 4.42 Å². The third-order valence-corrected chi connectivity index (χ3v) is 6.30. The van der Waals surface area contributed by atoms with Crippen LogP contribution in [-0.4, -0.2) is 30.6 Å². The van der Waals surface area contributed by atoms with Crippen LogP contribution in [0.2, 0.25) is 0 Å². The van der Waals surface area contributed by atoms with Crippen LogP contribution < -0.4 is 5.73 Å². The minimum Gasteiger partial charge on any atom is -0.464 e. The van der Waals surface area contributed by atoms with Crippen molar-refractivity contribution in [1.29, 1.82) is 0 Å². The van der Waals surface area contributed by atoms with Gasteiger partial charge in [0.05, 0.1) is 6.26 Å². The summed E-state index contributed by atoms with van der Waals surface area (Å²) in [6, 6.07) is 9.11. The zero-order valence-electron chi connectivity index (χ0n) is 15.4. The van der Waals surface area contributed by atoms with Gasteiger partial charge in [-0.15, -0.1) is 24.8 Å². The first-order valence-corrected chi connectivity index (χ1v) is 9.73. The van der Waals surface area contributed by atoms with E-state index in [4.69, 9.17) is 10.2 Å². The molecular weight excluding hydrogens is 367 g/mol. The van der Waals surface area contributed by atoms with Crippen molar-refractivity contribution in [3.63, 3.8) is 0 Å². The molecule has 146 valence electrons. The van der Waals surface area contributed by atoms with Crippen LogP contribution in [-0.2, 0) is 0 Å². The van der Waals surface area contributed by atoms with E-state index in [9.17, 15) is 0 Å². The number of rotatable bonds is 4. The highest BCUT2D eigenvalue weighted by molar-refractivity contribution is 5.85. The van der Waals surface area contributed by atoms with E-state index in [0.717, 1.165) is 11.5 Å². The molecule has 1 aliphatic carbocycles. The van der Waals surface area contributed by atoms with E-state index in [1.807, 2.05) is 6.26 Å². The molecule has 0 atom stereocenters. The monoisotopic (exact) mass is 398 g/mol. The molecule has 1 aromatic carbocycles. The fourth-order valence-electron chi connectivity index (χ4n) is 4.68. The second kappa shape index (κ2) is 9.98. The molecule has 2 aromatic rings. The second-order valence-corrected chi connectivity index (χ2v) is 7.87. The molecule has 0 radical (unpaired) electrons. The van der Waals surface area contributed by atoms with Gasteiger partial charge in [-0.3, -0.25) is 0 Å². The van der Waals surface area contributed by atoms with E-state index in [0.29, 0.717) is 12.0 Å². The smallest absolute Gasteiger partial charge is 0.134 e. The molecule has 1 saturated carbocycles. The Bertz CT molecular complexity index is 659. The van der Waals surface area contributed by atoms with Gasteiger partial charge in [0.2, 0.25) is 0 Å². The van der Waals surface area contributed by atoms with Gasteiger partial charge in [0.15, 0.2) is 0 Å². The fourth-order valence-corrected chi connectivity index (χ4v) is 4.68. The van der Waals surface area contributed by atoms with E-state index in [-0.39, 0.29) is 24.8 Å². The minimum absolute atomic E-state index is 0. The van der Waals surface area contributed by atoms with Crippen molar-refractivity contribution in [2.24, 2.45) is 11.7 Å². The average Bonchev–Trinajstić information content (AvgIpc) is 3.10. The van der Waals surface area contributed by atoms with Crippen LogP contribution in [0.5, 0.6) is 0 Å². The summed E-state index contributed by atoms with van der Waals surface area (Å²) in [5.41, 5.74) is 8.54. The number of furan rings is 1. The van der Waals surface area contributed by atoms with Gasteiger partial charge in [0, 0.05) is 11.4 Å². The minimum atomic E-state index is 0. The standard InChI is InChI=1S/C21H30N2O.2ClH/c22-18-6-4-16(5-7-18)8-12-23-13-9-17(10-14-23)19-2-1-3-21-20(19)11-15-24-21;;/h1-3,11,15-18H,4-10,12-14,22H2;2*1H. The molecule has 1 aliphatic heterocycles. The molecule has 1 saturated heterocycles. The van der Waals surface area contributed by atoms with Crippen molar-refractivity contribution in [3.05, 3.63) is 36.1 Å². The quantitative estimate of drug-likeness (QED) is 0.752. The van der Waals surface area contributed by atoms with Crippen LogP contribution in [0.15, 0.2) is 34.9 Å². The predicted octanol–water partition coefficient (Wildman–Crippen LogP) is 5.36. The normalized spacial score (nSPS) is 24.8. The lowest BCUT2D eigenvalue weighted by Crippen LogP contribution is -2.35. The van der Waals surface area contributed by atoms with Crippen molar-refractivity contribution in [2.45, 2.75) is 56.9 Å². The van der Waals surface area contributed by atoms with E-state index >= 15 is 0 Å². The Morgan fingerprint density at radius 1 is 0.962 bits per heavy atom. The highest BCUT2D eigenvalue weighted by Gasteiger charge is 2.24. The number of piperidine rings is 1. The number of benzene rings is 1. The van der Waals surface area contributed by atoms with Crippen molar-refractivity contribution in [2.75, 3.05) is 19.6 Å². The molecule has 3 nitrogen and oxygen atoms in total. The van der Waals surface area contributed by atoms with Gasteiger partial charge >= 0.3 is 0 Å². The number of halogens is 2. The molecule has 2 N–H and O–H groups in total. The topological polar surface area (TPSA) is 42.4 Å². The Morgan fingerprint density at radius 2 is 1.69 bits per heavy atom. The third-order valence-electron chi connectivity index (χ3n) is 6.30. The molecular formula is C21H32Cl2N2O. The van der Waals surface area contributed by atoms with Crippen LogP contribution in [0.4, 0.5) is 0 Å². The summed E-state index contributed by atoms with van der Waals surface area (Å²) in [6.07, 6.45) is 10.9. The van der Waals surface area contributed by atoms with Crippen molar-refractivity contribution >= 4 is 35.8 Å². The molecule has 0 spiro atoms. The van der Waals surface area contributed by atoms with Crippen molar-refractivity contribution in [3.8, 4) is 0 Å². The van der Waals surface area contributed by atoms with E-state index < -0.39 is 0 Å². The molecule has 26 heavy (non-hydrogen) atoms. The number of likely N-dealkylation sites (tertiary alicyclic amines) is 1. The molecule has 0 amide bonds. The molecule has 2 fully saturated rings. The van der Waals surface area contributed by atoms with Gasteiger partial charge in [0.1, 0.15) is 5.58 Å². The lowest BCUT2D eigenvalue weighted by atomic mass is 9.84. The number of nitrogens with zero attached hydrogens (tertiary/aromatic N) is 1. The largest absolute Gasteiger partial charge is 0.464 e. The maximum absolute atomic E-state index is 6.02. The SMILES string of the molecule is Cl.Cl.NC1CCC(CCN2CCC(c3cccc4occc34)CC2)CC1. The van der Waals surface area contributed by atoms with Crippen LogP contribution in [0.25, 0.3) is 11.0 Å². The van der Waals surface area contributed by atoms with Gasteiger partial charge in [-0.25, -0.2) is 0 Å². The Balaban J connectivity index is 0.00000121. The molecule has 2 aliphatic rings. The van der Waals surface area contributed by atoms with Gasteiger partial charge < -0.3 is 15.1 Å². The van der Waals surface area contributed by atoms with Crippen LogP contribution in [0.3, 0.4) is 0 Å². The van der Waals surface area contributed by atoms with Crippen LogP contribution >= 0.6 is 24.8 Å². The Kier molecular flexibility index (Phi) is 8.28. The highest BCUT2D eigenvalue weighted by atomic mass is 35.5. The summed E-state index contributed by atoms with van der Waals surface area (Å²) < 4.78 is 5.56. The first kappa shape index (κ1) is 21.6. The molecule has 5 heteroatoms. The lowest BCUT2D eigenvalue weighted by Gasteiger charge is -2.34. The van der Waals surface area contributed by atoms with Gasteiger partial charge in [-0.1, -0.05) is 12.1 Å². The molecule has 1 aromatic heterocycles. The zero-order valence-corrected chi connectivity index (χ0v) is 17.1. The summed E-state index contributed by atoms with van der Waals surface area (Å²) in [7, 11) is 0. The van der Waals surface area contributed by atoms with E-state index in [1.54, 1.807) is 0 Å². The molecule has 0 bridgehead atoms. The summed E-state index contributed by atoms with van der Waals surface area (Å²) in [5.74, 6) is 1.61. The lowest BCUT2D eigenvalue weighted by molar-refractivity contribution is 0.187. The summed E-state index contributed by atoms with van der Waals surface area (Å²) in [6.45, 7) is 3.76. The Morgan fingerprint density at radius 3 is 2.42 bits per heavy atom. The average molecular weight is 399 g/mol.